The summed E-state index contributed by atoms with van der Waals surface area (Å²) in [5.74, 6) is -0.0181. The Hall–Kier alpha value is -2.08. The molecule has 2 heterocycles. The maximum absolute atomic E-state index is 12.7. The number of fused-ring (bicyclic) bond motifs is 1. The fourth-order valence-corrected chi connectivity index (χ4v) is 3.26. The van der Waals surface area contributed by atoms with Crippen LogP contribution in [0.1, 0.15) is 44.2 Å². The van der Waals surface area contributed by atoms with Gasteiger partial charge in [-0.15, -0.1) is 0 Å². The molecule has 22 heavy (non-hydrogen) atoms. The van der Waals surface area contributed by atoms with Crippen LogP contribution in [0.5, 0.6) is 0 Å². The average molecular weight is 303 g/mol. The largest absolute Gasteiger partial charge is 0.374 e. The van der Waals surface area contributed by atoms with Gasteiger partial charge in [0.05, 0.1) is 11.0 Å². The highest BCUT2D eigenvalue weighted by Crippen LogP contribution is 2.28. The van der Waals surface area contributed by atoms with Crippen molar-refractivity contribution in [1.29, 1.82) is 0 Å². The van der Waals surface area contributed by atoms with Crippen molar-refractivity contribution >= 4 is 16.9 Å². The number of nitrogens with zero attached hydrogens (tertiary/aromatic N) is 2. The van der Waals surface area contributed by atoms with Gasteiger partial charge in [0.15, 0.2) is 0 Å². The summed E-state index contributed by atoms with van der Waals surface area (Å²) in [7, 11) is 1.74. The highest BCUT2D eigenvalue weighted by molar-refractivity contribution is 5.86. The van der Waals surface area contributed by atoms with Gasteiger partial charge in [-0.05, 0) is 30.4 Å². The molecule has 1 aromatic heterocycles. The third kappa shape index (κ3) is 2.14. The van der Waals surface area contributed by atoms with Gasteiger partial charge in [-0.25, -0.2) is 4.79 Å². The second kappa shape index (κ2) is 5.28. The standard InChI is InChI=1S/C16H21N3O3/c1-9(2)10-5-4-6-11-14(10)18(3)16(22)19(11)12-7-8-13(20)17-15(12)21/h4-6,9,12-13,20H,7-8H2,1-3H3,(H,17,21)/t12-,13?/m1/s1. The van der Waals surface area contributed by atoms with Crippen molar-refractivity contribution in [3.8, 4) is 0 Å². The molecule has 0 saturated carbocycles. The molecule has 3 rings (SSSR count). The Morgan fingerprint density at radius 3 is 2.64 bits per heavy atom. The molecule has 2 atom stereocenters. The molecule has 2 N–H and O–H groups in total. The predicted octanol–water partition coefficient (Wildman–Crippen LogP) is 1.23. The van der Waals surface area contributed by atoms with Crippen LogP contribution in [-0.4, -0.2) is 26.4 Å². The topological polar surface area (TPSA) is 76.3 Å². The molecule has 0 aliphatic carbocycles. The summed E-state index contributed by atoms with van der Waals surface area (Å²) in [6, 6.07) is 5.24. The molecule has 118 valence electrons. The van der Waals surface area contributed by atoms with E-state index in [1.165, 1.54) is 0 Å². The predicted molar refractivity (Wildman–Crippen MR) is 83.7 cm³/mol. The smallest absolute Gasteiger partial charge is 0.329 e. The number of hydrogen-bond acceptors (Lipinski definition) is 3. The van der Waals surface area contributed by atoms with E-state index in [-0.39, 0.29) is 17.5 Å². The van der Waals surface area contributed by atoms with Crippen molar-refractivity contribution in [3.63, 3.8) is 0 Å². The first-order valence-electron chi connectivity index (χ1n) is 7.60. The summed E-state index contributed by atoms with van der Waals surface area (Å²) in [6.07, 6.45) is 0.0850. The average Bonchev–Trinajstić information content (AvgIpc) is 2.72. The van der Waals surface area contributed by atoms with Crippen molar-refractivity contribution < 1.29 is 9.90 Å². The van der Waals surface area contributed by atoms with E-state index in [1.807, 2.05) is 18.2 Å². The fourth-order valence-electron chi connectivity index (χ4n) is 3.26. The fraction of sp³-hybridized carbons (Fsp3) is 0.500. The van der Waals surface area contributed by atoms with Crippen LogP contribution in [0.25, 0.3) is 11.0 Å². The van der Waals surface area contributed by atoms with Gasteiger partial charge in [-0.1, -0.05) is 26.0 Å². The number of benzene rings is 1. The molecular formula is C16H21N3O3. The zero-order valence-corrected chi connectivity index (χ0v) is 13.0. The molecule has 1 fully saturated rings. The second-order valence-corrected chi connectivity index (χ2v) is 6.20. The highest BCUT2D eigenvalue weighted by atomic mass is 16.3. The molecule has 1 aliphatic rings. The summed E-state index contributed by atoms with van der Waals surface area (Å²) in [5, 5.41) is 12.0. The molecule has 2 aromatic rings. The van der Waals surface area contributed by atoms with Gasteiger partial charge in [0, 0.05) is 7.05 Å². The molecule has 1 unspecified atom stereocenters. The summed E-state index contributed by atoms with van der Waals surface area (Å²) in [4.78, 5) is 24.9. The lowest BCUT2D eigenvalue weighted by atomic mass is 10.0. The molecule has 6 nitrogen and oxygen atoms in total. The Morgan fingerprint density at radius 2 is 2.00 bits per heavy atom. The summed E-state index contributed by atoms with van der Waals surface area (Å²) >= 11 is 0. The number of aromatic nitrogens is 2. The third-order valence-electron chi connectivity index (χ3n) is 4.39. The van der Waals surface area contributed by atoms with Crippen molar-refractivity contribution in [2.75, 3.05) is 0 Å². The maximum Gasteiger partial charge on any atom is 0.329 e. The van der Waals surface area contributed by atoms with Crippen LogP contribution >= 0.6 is 0 Å². The number of rotatable bonds is 2. The summed E-state index contributed by atoms with van der Waals surface area (Å²) < 4.78 is 3.17. The Bertz CT molecular complexity index is 788. The number of carbonyl (C=O) groups is 1. The van der Waals surface area contributed by atoms with E-state index in [1.54, 1.807) is 16.2 Å². The second-order valence-electron chi connectivity index (χ2n) is 6.20. The number of nitrogens with one attached hydrogen (secondary N) is 1. The van der Waals surface area contributed by atoms with Gasteiger partial charge in [0.2, 0.25) is 5.91 Å². The first kappa shape index (κ1) is 14.8. The molecule has 1 aliphatic heterocycles. The van der Waals surface area contributed by atoms with E-state index in [9.17, 15) is 14.7 Å². The molecule has 0 spiro atoms. The van der Waals surface area contributed by atoms with Crippen molar-refractivity contribution in [1.82, 2.24) is 14.5 Å². The molecule has 1 aromatic carbocycles. The molecule has 0 bridgehead atoms. The number of imidazole rings is 1. The zero-order chi connectivity index (χ0) is 16.0. The monoisotopic (exact) mass is 303 g/mol. The van der Waals surface area contributed by atoms with Crippen LogP contribution in [0.15, 0.2) is 23.0 Å². The lowest BCUT2D eigenvalue weighted by Crippen LogP contribution is -2.46. The Balaban J connectivity index is 2.23. The van der Waals surface area contributed by atoms with Crippen LogP contribution < -0.4 is 11.0 Å². The SMILES string of the molecule is CC(C)c1cccc2c1n(C)c(=O)n2[C@@H]1CCC(O)NC1=O. The molecule has 1 amide bonds. The number of hydrogen-bond donors (Lipinski definition) is 2. The van der Waals surface area contributed by atoms with Gasteiger partial charge < -0.3 is 10.4 Å². The van der Waals surface area contributed by atoms with Gasteiger partial charge in [-0.3, -0.25) is 13.9 Å². The molecule has 1 saturated heterocycles. The van der Waals surface area contributed by atoms with E-state index in [0.29, 0.717) is 12.8 Å². The van der Waals surface area contributed by atoms with Crippen molar-refractivity contribution in [2.24, 2.45) is 7.05 Å². The summed E-state index contributed by atoms with van der Waals surface area (Å²) in [5.41, 5.74) is 2.54. The number of amides is 1. The highest BCUT2D eigenvalue weighted by Gasteiger charge is 2.31. The number of aliphatic hydroxyl groups is 1. The molecular weight excluding hydrogens is 282 g/mol. The van der Waals surface area contributed by atoms with E-state index >= 15 is 0 Å². The number of para-hydroxylation sites is 1. The van der Waals surface area contributed by atoms with Crippen LogP contribution in [0.4, 0.5) is 0 Å². The van der Waals surface area contributed by atoms with E-state index in [0.717, 1.165) is 16.6 Å². The Morgan fingerprint density at radius 1 is 1.27 bits per heavy atom. The Labute approximate surface area is 128 Å². The van der Waals surface area contributed by atoms with Crippen LogP contribution in [0.3, 0.4) is 0 Å². The maximum atomic E-state index is 12.7. The van der Waals surface area contributed by atoms with E-state index in [4.69, 9.17) is 0 Å². The van der Waals surface area contributed by atoms with Crippen LogP contribution in [-0.2, 0) is 11.8 Å². The van der Waals surface area contributed by atoms with Crippen LogP contribution in [0, 0.1) is 0 Å². The lowest BCUT2D eigenvalue weighted by Gasteiger charge is -2.26. The van der Waals surface area contributed by atoms with E-state index < -0.39 is 12.3 Å². The quantitative estimate of drug-likeness (QED) is 0.876. The van der Waals surface area contributed by atoms with Gasteiger partial charge in [-0.2, -0.15) is 0 Å². The van der Waals surface area contributed by atoms with Gasteiger partial charge in [0.1, 0.15) is 12.3 Å². The third-order valence-corrected chi connectivity index (χ3v) is 4.39. The molecule has 6 heteroatoms. The molecule has 0 radical (unpaired) electrons. The number of aryl methyl sites for hydroxylation is 1. The lowest BCUT2D eigenvalue weighted by molar-refractivity contribution is -0.130. The zero-order valence-electron chi connectivity index (χ0n) is 13.0. The van der Waals surface area contributed by atoms with Gasteiger partial charge >= 0.3 is 5.69 Å². The first-order valence-corrected chi connectivity index (χ1v) is 7.60. The Kier molecular flexibility index (Phi) is 3.56. The van der Waals surface area contributed by atoms with Crippen molar-refractivity contribution in [2.45, 2.75) is 44.9 Å². The normalized spacial score (nSPS) is 22.3. The van der Waals surface area contributed by atoms with Crippen LogP contribution in [0.2, 0.25) is 0 Å². The minimum atomic E-state index is -0.819. The minimum absolute atomic E-state index is 0.195. The minimum Gasteiger partial charge on any atom is -0.374 e. The number of carbonyl (C=O) groups excluding carboxylic acids is 1. The first-order chi connectivity index (χ1) is 10.4. The number of piperidine rings is 1. The number of aliphatic hydroxyl groups excluding tert-OH is 1. The van der Waals surface area contributed by atoms with Crippen molar-refractivity contribution in [3.05, 3.63) is 34.2 Å². The van der Waals surface area contributed by atoms with Gasteiger partial charge in [0.25, 0.3) is 0 Å². The summed E-state index contributed by atoms with van der Waals surface area (Å²) in [6.45, 7) is 4.17. The van der Waals surface area contributed by atoms with E-state index in [2.05, 4.69) is 19.2 Å².